The van der Waals surface area contributed by atoms with Crippen LogP contribution in [0, 0.1) is 0 Å². The molecule has 0 saturated carbocycles. The van der Waals surface area contributed by atoms with Crippen LogP contribution < -0.4 is 20.7 Å². The molecule has 0 aliphatic heterocycles. The molecule has 4 N–H and O–H groups in total. The Balaban J connectivity index is 1.38. The molecule has 0 saturated heterocycles. The van der Waals surface area contributed by atoms with Gasteiger partial charge in [0.2, 0.25) is 0 Å². The van der Waals surface area contributed by atoms with Gasteiger partial charge in [-0.25, -0.2) is 17.9 Å². The first-order chi connectivity index (χ1) is 20.7. The number of nitrogens with one attached hydrogen (secondary N) is 4. The van der Waals surface area contributed by atoms with E-state index in [1.807, 2.05) is 10.8 Å². The topological polar surface area (TPSA) is 143 Å². The summed E-state index contributed by atoms with van der Waals surface area (Å²) in [4.78, 5) is 37.8. The molecule has 4 aromatic rings. The second kappa shape index (κ2) is 14.7. The summed E-state index contributed by atoms with van der Waals surface area (Å²) in [5, 5.41) is 7.84. The maximum absolute atomic E-state index is 13.1. The molecular weight excluding hydrogens is 588 g/mol. The fraction of sp³-hybridized carbons (Fsp3) is 0.0968. The van der Waals surface area contributed by atoms with Crippen LogP contribution in [0.15, 0.2) is 120 Å². The number of sulfonamides is 1. The van der Waals surface area contributed by atoms with Crippen molar-refractivity contribution in [2.45, 2.75) is 24.0 Å². The SMILES string of the molecule is O=C(N[C@@H](Cc1ccccc1)C(=O)NS(=O)(=O)c1ccc(NC(=S)NC(=O)c2ccccc2)cc1)OCc1ccccc1. The lowest BCUT2D eigenvalue weighted by Crippen LogP contribution is -2.49. The zero-order valence-electron chi connectivity index (χ0n) is 22.7. The number of benzene rings is 4. The van der Waals surface area contributed by atoms with E-state index in [2.05, 4.69) is 16.0 Å². The van der Waals surface area contributed by atoms with Gasteiger partial charge in [0, 0.05) is 17.7 Å². The quantitative estimate of drug-likeness (QED) is 0.195. The highest BCUT2D eigenvalue weighted by molar-refractivity contribution is 7.90. The van der Waals surface area contributed by atoms with Gasteiger partial charge in [-0.2, -0.15) is 0 Å². The monoisotopic (exact) mass is 616 g/mol. The number of carbonyl (C=O) groups excluding carboxylic acids is 3. The summed E-state index contributed by atoms with van der Waals surface area (Å²) in [7, 11) is -4.31. The van der Waals surface area contributed by atoms with Crippen molar-refractivity contribution in [3.05, 3.63) is 132 Å². The number of alkyl carbamates (subject to hydrolysis) is 1. The van der Waals surface area contributed by atoms with E-state index in [4.69, 9.17) is 17.0 Å². The van der Waals surface area contributed by atoms with Crippen LogP contribution in [-0.2, 0) is 32.6 Å². The molecule has 0 radical (unpaired) electrons. The van der Waals surface area contributed by atoms with E-state index in [-0.39, 0.29) is 23.0 Å². The lowest BCUT2D eigenvalue weighted by molar-refractivity contribution is -0.121. The van der Waals surface area contributed by atoms with E-state index in [9.17, 15) is 22.8 Å². The zero-order valence-corrected chi connectivity index (χ0v) is 24.4. The standard InChI is InChI=1S/C31H28N4O6S2/c36-28(24-14-8-3-9-15-24)34-30(42)32-25-16-18-26(19-17-25)43(39,40)35-29(37)27(20-22-10-4-1-5-11-22)33-31(38)41-21-23-12-6-2-7-13-23/h1-19,27H,20-21H2,(H,33,38)(H,35,37)(H2,32,34,36,42)/t27-/m0/s1. The summed E-state index contributed by atoms with van der Waals surface area (Å²) in [5.74, 6) is -1.34. The van der Waals surface area contributed by atoms with Crippen LogP contribution in [0.3, 0.4) is 0 Å². The molecule has 0 bridgehead atoms. The normalized spacial score (nSPS) is 11.4. The van der Waals surface area contributed by atoms with Crippen LogP contribution in [0.1, 0.15) is 21.5 Å². The van der Waals surface area contributed by atoms with Gasteiger partial charge in [-0.1, -0.05) is 78.9 Å². The lowest BCUT2D eigenvalue weighted by atomic mass is 10.1. The number of hydrogen-bond acceptors (Lipinski definition) is 7. The molecule has 0 aliphatic carbocycles. The van der Waals surface area contributed by atoms with Crippen LogP contribution in [0.2, 0.25) is 0 Å². The molecule has 0 heterocycles. The third-order valence-electron chi connectivity index (χ3n) is 6.02. The van der Waals surface area contributed by atoms with Gasteiger partial charge in [-0.05, 0) is 59.7 Å². The Morgan fingerprint density at radius 2 is 1.30 bits per heavy atom. The number of thiocarbonyl (C=S) groups is 1. The Kier molecular flexibility index (Phi) is 10.6. The highest BCUT2D eigenvalue weighted by Crippen LogP contribution is 2.15. The van der Waals surface area contributed by atoms with Gasteiger partial charge in [0.25, 0.3) is 21.8 Å². The van der Waals surface area contributed by atoms with Crippen LogP contribution in [-0.4, -0.2) is 37.5 Å². The van der Waals surface area contributed by atoms with Gasteiger partial charge >= 0.3 is 6.09 Å². The van der Waals surface area contributed by atoms with Gasteiger partial charge < -0.3 is 15.4 Å². The number of rotatable bonds is 10. The third kappa shape index (κ3) is 9.48. The van der Waals surface area contributed by atoms with E-state index in [0.717, 1.165) is 5.56 Å². The van der Waals surface area contributed by atoms with Gasteiger partial charge in [0.1, 0.15) is 12.6 Å². The summed E-state index contributed by atoms with van der Waals surface area (Å²) < 4.78 is 33.4. The van der Waals surface area contributed by atoms with Crippen molar-refractivity contribution in [2.75, 3.05) is 5.32 Å². The average Bonchev–Trinajstić information content (AvgIpc) is 3.01. The van der Waals surface area contributed by atoms with Gasteiger partial charge in [-0.15, -0.1) is 0 Å². The van der Waals surface area contributed by atoms with E-state index in [1.165, 1.54) is 24.3 Å². The Morgan fingerprint density at radius 1 is 0.744 bits per heavy atom. The van der Waals surface area contributed by atoms with Crippen molar-refractivity contribution >= 4 is 50.9 Å². The molecule has 4 aromatic carbocycles. The van der Waals surface area contributed by atoms with Gasteiger partial charge in [0.15, 0.2) is 5.11 Å². The number of hydrogen-bond donors (Lipinski definition) is 4. The van der Waals surface area contributed by atoms with Crippen LogP contribution in [0.4, 0.5) is 10.5 Å². The number of ether oxygens (including phenoxy) is 1. The summed E-state index contributed by atoms with van der Waals surface area (Å²) in [6.07, 6.45) is -0.847. The van der Waals surface area contributed by atoms with Gasteiger partial charge in [0.05, 0.1) is 4.90 Å². The lowest BCUT2D eigenvalue weighted by Gasteiger charge is -2.19. The van der Waals surface area contributed by atoms with Crippen molar-refractivity contribution in [3.63, 3.8) is 0 Å². The summed E-state index contributed by atoms with van der Waals surface area (Å²) >= 11 is 5.18. The molecule has 10 nitrogen and oxygen atoms in total. The largest absolute Gasteiger partial charge is 0.445 e. The molecule has 3 amide bonds. The molecule has 220 valence electrons. The molecule has 0 aromatic heterocycles. The second-order valence-electron chi connectivity index (χ2n) is 9.22. The minimum absolute atomic E-state index is 0.0201. The fourth-order valence-electron chi connectivity index (χ4n) is 3.87. The Labute approximate surface area is 254 Å². The fourth-order valence-corrected chi connectivity index (χ4v) is 5.10. The molecule has 1 atom stereocenters. The van der Waals surface area contributed by atoms with Crippen molar-refractivity contribution in [1.82, 2.24) is 15.4 Å². The molecule has 12 heteroatoms. The first kappa shape index (κ1) is 30.9. The first-order valence-corrected chi connectivity index (χ1v) is 14.9. The van der Waals surface area contributed by atoms with E-state index in [1.54, 1.807) is 84.9 Å². The molecule has 0 aliphatic rings. The Morgan fingerprint density at radius 3 is 1.91 bits per heavy atom. The molecule has 0 fully saturated rings. The van der Waals surface area contributed by atoms with Crippen molar-refractivity contribution in [3.8, 4) is 0 Å². The molecule has 0 spiro atoms. The summed E-state index contributed by atoms with van der Waals surface area (Å²) in [6.45, 7) is -0.0234. The van der Waals surface area contributed by atoms with Crippen molar-refractivity contribution in [1.29, 1.82) is 0 Å². The maximum atomic E-state index is 13.1. The number of carbonyl (C=O) groups is 3. The average molecular weight is 617 g/mol. The number of amides is 3. The highest BCUT2D eigenvalue weighted by Gasteiger charge is 2.27. The minimum Gasteiger partial charge on any atom is -0.445 e. The Bertz CT molecular complexity index is 1670. The van der Waals surface area contributed by atoms with E-state index < -0.39 is 34.0 Å². The molecule has 0 unspecified atom stereocenters. The van der Waals surface area contributed by atoms with Crippen molar-refractivity contribution in [2.24, 2.45) is 0 Å². The predicted octanol–water partition coefficient (Wildman–Crippen LogP) is 4.16. The third-order valence-corrected chi connectivity index (χ3v) is 7.59. The van der Waals surface area contributed by atoms with Crippen LogP contribution in [0.25, 0.3) is 0 Å². The van der Waals surface area contributed by atoms with Crippen molar-refractivity contribution < 1.29 is 27.5 Å². The predicted molar refractivity (Wildman–Crippen MR) is 166 cm³/mol. The molecular formula is C31H28N4O6S2. The smallest absolute Gasteiger partial charge is 0.408 e. The van der Waals surface area contributed by atoms with E-state index >= 15 is 0 Å². The molecule has 43 heavy (non-hydrogen) atoms. The number of anilines is 1. The van der Waals surface area contributed by atoms with Crippen LogP contribution >= 0.6 is 12.2 Å². The summed E-state index contributed by atoms with van der Waals surface area (Å²) in [6, 6.07) is 30.5. The molecule has 4 rings (SSSR count). The highest BCUT2D eigenvalue weighted by atomic mass is 32.2. The first-order valence-electron chi connectivity index (χ1n) is 13.0. The van der Waals surface area contributed by atoms with Crippen LogP contribution in [0.5, 0.6) is 0 Å². The second-order valence-corrected chi connectivity index (χ2v) is 11.3. The Hall–Kier alpha value is -5.07. The zero-order chi connectivity index (χ0) is 30.7. The minimum atomic E-state index is -4.31. The van der Waals surface area contributed by atoms with E-state index in [0.29, 0.717) is 16.8 Å². The maximum Gasteiger partial charge on any atom is 0.408 e. The van der Waals surface area contributed by atoms with Gasteiger partial charge in [-0.3, -0.25) is 14.9 Å². The summed E-state index contributed by atoms with van der Waals surface area (Å²) in [5.41, 5.74) is 2.29.